The Balaban J connectivity index is 2.00. The fourth-order valence-corrected chi connectivity index (χ4v) is 2.47. The maximum Gasteiger partial charge on any atom is 0.240 e. The summed E-state index contributed by atoms with van der Waals surface area (Å²) in [6.45, 7) is 1.88. The Morgan fingerprint density at radius 1 is 1.32 bits per heavy atom. The summed E-state index contributed by atoms with van der Waals surface area (Å²) in [4.78, 5) is 14.2. The summed E-state index contributed by atoms with van der Waals surface area (Å²) in [7, 11) is 0. The van der Waals surface area contributed by atoms with Crippen LogP contribution in [0.5, 0.6) is 0 Å². The number of carbonyl (C=O) groups excluding carboxylic acids is 1. The van der Waals surface area contributed by atoms with Gasteiger partial charge < -0.3 is 15.3 Å². The first-order valence-electron chi connectivity index (χ1n) is 6.98. The van der Waals surface area contributed by atoms with Gasteiger partial charge in [0.2, 0.25) is 5.91 Å². The highest BCUT2D eigenvalue weighted by atomic mass is 16.3. The van der Waals surface area contributed by atoms with Crippen molar-refractivity contribution in [2.24, 2.45) is 0 Å². The molecule has 2 N–H and O–H groups in total. The molecule has 0 spiro atoms. The molecule has 1 saturated heterocycles. The number of hydrogen-bond donors (Lipinski definition) is 2. The molecule has 0 aliphatic carbocycles. The number of carbonyl (C=O) groups is 1. The molecule has 1 aliphatic heterocycles. The zero-order chi connectivity index (χ0) is 13.5. The summed E-state index contributed by atoms with van der Waals surface area (Å²) < 4.78 is 0. The summed E-state index contributed by atoms with van der Waals surface area (Å²) in [5, 5.41) is 12.4. The SMILES string of the molecule is O=C([C@H]1CCCCN1)N(CCO)Cc1ccccc1. The van der Waals surface area contributed by atoms with E-state index in [-0.39, 0.29) is 18.6 Å². The van der Waals surface area contributed by atoms with Gasteiger partial charge in [0, 0.05) is 13.1 Å². The third-order valence-electron chi connectivity index (χ3n) is 3.51. The molecule has 1 amide bonds. The van der Waals surface area contributed by atoms with E-state index in [1.165, 1.54) is 0 Å². The van der Waals surface area contributed by atoms with Crippen molar-refractivity contribution in [2.45, 2.75) is 31.8 Å². The highest BCUT2D eigenvalue weighted by Gasteiger charge is 2.25. The lowest BCUT2D eigenvalue weighted by Gasteiger charge is -2.29. The van der Waals surface area contributed by atoms with Gasteiger partial charge in [-0.2, -0.15) is 0 Å². The molecule has 1 aliphatic rings. The molecule has 1 atom stereocenters. The zero-order valence-corrected chi connectivity index (χ0v) is 11.2. The fraction of sp³-hybridized carbons (Fsp3) is 0.533. The molecule has 0 saturated carbocycles. The highest BCUT2D eigenvalue weighted by molar-refractivity contribution is 5.82. The third-order valence-corrected chi connectivity index (χ3v) is 3.51. The van der Waals surface area contributed by atoms with Gasteiger partial charge in [0.15, 0.2) is 0 Å². The van der Waals surface area contributed by atoms with Crippen LogP contribution in [0.3, 0.4) is 0 Å². The second kappa shape index (κ2) is 7.26. The summed E-state index contributed by atoms with van der Waals surface area (Å²) >= 11 is 0. The minimum Gasteiger partial charge on any atom is -0.395 e. The Bertz CT molecular complexity index is 388. The number of nitrogens with zero attached hydrogens (tertiary/aromatic N) is 1. The largest absolute Gasteiger partial charge is 0.395 e. The molecule has 1 fully saturated rings. The molecular weight excluding hydrogens is 240 g/mol. The number of piperidine rings is 1. The lowest BCUT2D eigenvalue weighted by Crippen LogP contribution is -2.49. The van der Waals surface area contributed by atoms with Crippen LogP contribution < -0.4 is 5.32 Å². The number of nitrogens with one attached hydrogen (secondary N) is 1. The zero-order valence-electron chi connectivity index (χ0n) is 11.2. The van der Waals surface area contributed by atoms with E-state index in [1.807, 2.05) is 30.3 Å². The second-order valence-corrected chi connectivity index (χ2v) is 4.97. The number of aliphatic hydroxyl groups excluding tert-OH is 1. The van der Waals surface area contributed by atoms with Crippen LogP contribution in [0.25, 0.3) is 0 Å². The van der Waals surface area contributed by atoms with E-state index in [2.05, 4.69) is 5.32 Å². The van der Waals surface area contributed by atoms with Gasteiger partial charge in [0.1, 0.15) is 0 Å². The van der Waals surface area contributed by atoms with E-state index < -0.39 is 0 Å². The normalized spacial score (nSPS) is 19.1. The monoisotopic (exact) mass is 262 g/mol. The Labute approximate surface area is 114 Å². The Kier molecular flexibility index (Phi) is 5.36. The van der Waals surface area contributed by atoms with Gasteiger partial charge in [0.25, 0.3) is 0 Å². The molecule has 0 bridgehead atoms. The van der Waals surface area contributed by atoms with Gasteiger partial charge in [-0.1, -0.05) is 36.8 Å². The summed E-state index contributed by atoms with van der Waals surface area (Å²) in [6, 6.07) is 9.83. The summed E-state index contributed by atoms with van der Waals surface area (Å²) in [5.74, 6) is 0.109. The van der Waals surface area contributed by atoms with Crippen molar-refractivity contribution in [1.29, 1.82) is 0 Å². The fourth-order valence-electron chi connectivity index (χ4n) is 2.47. The molecule has 1 aromatic carbocycles. The topological polar surface area (TPSA) is 52.6 Å². The predicted octanol–water partition coefficient (Wildman–Crippen LogP) is 1.15. The molecule has 1 aromatic rings. The van der Waals surface area contributed by atoms with Crippen LogP contribution in [0.4, 0.5) is 0 Å². The number of aliphatic hydroxyl groups is 1. The van der Waals surface area contributed by atoms with Gasteiger partial charge >= 0.3 is 0 Å². The maximum atomic E-state index is 12.4. The molecule has 0 unspecified atom stereocenters. The molecule has 4 heteroatoms. The lowest BCUT2D eigenvalue weighted by molar-refractivity contribution is -0.135. The van der Waals surface area contributed by atoms with Crippen LogP contribution in [0, 0.1) is 0 Å². The molecule has 1 heterocycles. The maximum absolute atomic E-state index is 12.4. The van der Waals surface area contributed by atoms with Crippen molar-refractivity contribution in [3.8, 4) is 0 Å². The third kappa shape index (κ3) is 4.04. The van der Waals surface area contributed by atoms with Crippen LogP contribution in [0.2, 0.25) is 0 Å². The lowest BCUT2D eigenvalue weighted by atomic mass is 10.0. The van der Waals surface area contributed by atoms with E-state index in [4.69, 9.17) is 5.11 Å². The van der Waals surface area contributed by atoms with E-state index in [9.17, 15) is 4.79 Å². The quantitative estimate of drug-likeness (QED) is 0.837. The van der Waals surface area contributed by atoms with Gasteiger partial charge in [-0.3, -0.25) is 4.79 Å². The predicted molar refractivity (Wildman–Crippen MR) is 74.6 cm³/mol. The Morgan fingerprint density at radius 3 is 2.74 bits per heavy atom. The van der Waals surface area contributed by atoms with Crippen molar-refractivity contribution in [2.75, 3.05) is 19.7 Å². The summed E-state index contributed by atoms with van der Waals surface area (Å²) in [5.41, 5.74) is 1.10. The first kappa shape index (κ1) is 14.0. The van der Waals surface area contributed by atoms with Gasteiger partial charge in [-0.15, -0.1) is 0 Å². The van der Waals surface area contributed by atoms with Crippen molar-refractivity contribution in [3.63, 3.8) is 0 Å². The van der Waals surface area contributed by atoms with E-state index >= 15 is 0 Å². The Morgan fingerprint density at radius 2 is 2.11 bits per heavy atom. The van der Waals surface area contributed by atoms with E-state index in [0.29, 0.717) is 13.1 Å². The van der Waals surface area contributed by atoms with E-state index in [0.717, 1.165) is 31.4 Å². The van der Waals surface area contributed by atoms with Crippen LogP contribution in [0.15, 0.2) is 30.3 Å². The minimum absolute atomic E-state index is 0.00525. The minimum atomic E-state index is -0.0796. The standard InChI is InChI=1S/C15H22N2O2/c18-11-10-17(12-13-6-2-1-3-7-13)15(19)14-8-4-5-9-16-14/h1-3,6-7,14,16,18H,4-5,8-12H2/t14-/m1/s1. The van der Waals surface area contributed by atoms with Crippen LogP contribution >= 0.6 is 0 Å². The van der Waals surface area contributed by atoms with E-state index in [1.54, 1.807) is 4.90 Å². The van der Waals surface area contributed by atoms with Crippen LogP contribution in [-0.2, 0) is 11.3 Å². The van der Waals surface area contributed by atoms with Crippen LogP contribution in [-0.4, -0.2) is 41.7 Å². The van der Waals surface area contributed by atoms with Gasteiger partial charge in [-0.05, 0) is 24.9 Å². The molecule has 4 nitrogen and oxygen atoms in total. The summed E-state index contributed by atoms with van der Waals surface area (Å²) in [6.07, 6.45) is 3.14. The first-order chi connectivity index (χ1) is 9.31. The Hall–Kier alpha value is -1.39. The number of rotatable bonds is 5. The molecule has 2 rings (SSSR count). The van der Waals surface area contributed by atoms with Crippen molar-refractivity contribution < 1.29 is 9.90 Å². The number of amides is 1. The molecule has 0 aromatic heterocycles. The second-order valence-electron chi connectivity index (χ2n) is 4.97. The molecule has 104 valence electrons. The highest BCUT2D eigenvalue weighted by Crippen LogP contribution is 2.12. The number of hydrogen-bond acceptors (Lipinski definition) is 3. The van der Waals surface area contributed by atoms with Crippen molar-refractivity contribution in [3.05, 3.63) is 35.9 Å². The van der Waals surface area contributed by atoms with Gasteiger partial charge in [0.05, 0.1) is 12.6 Å². The number of benzene rings is 1. The average molecular weight is 262 g/mol. The first-order valence-corrected chi connectivity index (χ1v) is 6.98. The molecular formula is C15H22N2O2. The average Bonchev–Trinajstić information content (AvgIpc) is 2.48. The smallest absolute Gasteiger partial charge is 0.240 e. The van der Waals surface area contributed by atoms with Crippen LogP contribution in [0.1, 0.15) is 24.8 Å². The van der Waals surface area contributed by atoms with Gasteiger partial charge in [-0.25, -0.2) is 0 Å². The van der Waals surface area contributed by atoms with Crippen molar-refractivity contribution >= 4 is 5.91 Å². The molecule has 0 radical (unpaired) electrons. The molecule has 19 heavy (non-hydrogen) atoms. The van der Waals surface area contributed by atoms with Crippen molar-refractivity contribution in [1.82, 2.24) is 10.2 Å².